The van der Waals surface area contributed by atoms with Crippen molar-refractivity contribution in [1.29, 1.82) is 0 Å². The zero-order valence-corrected chi connectivity index (χ0v) is 8.09. The lowest BCUT2D eigenvalue weighted by Gasteiger charge is -2.09. The Bertz CT molecular complexity index is 225. The van der Waals surface area contributed by atoms with Crippen LogP contribution in [-0.4, -0.2) is 7.05 Å². The summed E-state index contributed by atoms with van der Waals surface area (Å²) in [5, 5.41) is 3.11. The SMILES string of the molecule is CCC(C)c1ccc(NC)cc1. The average Bonchev–Trinajstić information content (AvgIpc) is 2.17. The van der Waals surface area contributed by atoms with E-state index >= 15 is 0 Å². The minimum absolute atomic E-state index is 0.677. The van der Waals surface area contributed by atoms with Crippen LogP contribution in [0.25, 0.3) is 0 Å². The standard InChI is InChI=1S/C11H17N/c1-4-9(2)10-5-7-11(12-3)8-6-10/h5-9,12H,4H2,1-3H3. The van der Waals surface area contributed by atoms with Crippen molar-refractivity contribution < 1.29 is 0 Å². The summed E-state index contributed by atoms with van der Waals surface area (Å²) in [6.45, 7) is 4.48. The molecule has 0 aliphatic heterocycles. The molecule has 1 nitrogen and oxygen atoms in total. The first-order valence-electron chi connectivity index (χ1n) is 4.55. The Morgan fingerprint density at radius 1 is 1.25 bits per heavy atom. The van der Waals surface area contributed by atoms with E-state index in [1.54, 1.807) is 0 Å². The molecular weight excluding hydrogens is 146 g/mol. The van der Waals surface area contributed by atoms with Gasteiger partial charge >= 0.3 is 0 Å². The second-order valence-electron chi connectivity index (χ2n) is 3.18. The molecule has 0 saturated heterocycles. The zero-order valence-electron chi connectivity index (χ0n) is 8.09. The number of hydrogen-bond acceptors (Lipinski definition) is 1. The third-order valence-electron chi connectivity index (χ3n) is 2.38. The van der Waals surface area contributed by atoms with Crippen molar-refractivity contribution >= 4 is 5.69 Å². The summed E-state index contributed by atoms with van der Waals surface area (Å²) < 4.78 is 0. The van der Waals surface area contributed by atoms with Gasteiger partial charge in [0, 0.05) is 12.7 Å². The molecule has 1 heteroatoms. The summed E-state index contributed by atoms with van der Waals surface area (Å²) >= 11 is 0. The maximum Gasteiger partial charge on any atom is 0.0337 e. The third kappa shape index (κ3) is 2.00. The Morgan fingerprint density at radius 3 is 2.25 bits per heavy atom. The van der Waals surface area contributed by atoms with Crippen LogP contribution in [0.3, 0.4) is 0 Å². The molecule has 66 valence electrons. The third-order valence-corrected chi connectivity index (χ3v) is 2.38. The first-order chi connectivity index (χ1) is 5.77. The van der Waals surface area contributed by atoms with E-state index in [2.05, 4.69) is 43.4 Å². The van der Waals surface area contributed by atoms with Gasteiger partial charge in [0.1, 0.15) is 0 Å². The van der Waals surface area contributed by atoms with Gasteiger partial charge in [-0.3, -0.25) is 0 Å². The van der Waals surface area contributed by atoms with Gasteiger partial charge in [0.25, 0.3) is 0 Å². The Morgan fingerprint density at radius 2 is 1.83 bits per heavy atom. The second kappa shape index (κ2) is 4.15. The average molecular weight is 163 g/mol. The molecule has 0 aliphatic rings. The Balaban J connectivity index is 2.77. The molecular formula is C11H17N. The van der Waals surface area contributed by atoms with Gasteiger partial charge in [0.15, 0.2) is 0 Å². The molecule has 0 spiro atoms. The molecule has 0 saturated carbocycles. The molecule has 12 heavy (non-hydrogen) atoms. The van der Waals surface area contributed by atoms with Crippen LogP contribution in [0, 0.1) is 0 Å². The molecule has 1 atom stereocenters. The number of rotatable bonds is 3. The predicted molar refractivity (Wildman–Crippen MR) is 54.7 cm³/mol. The minimum Gasteiger partial charge on any atom is -0.388 e. The molecule has 0 radical (unpaired) electrons. The highest BCUT2D eigenvalue weighted by molar-refractivity contribution is 5.44. The summed E-state index contributed by atoms with van der Waals surface area (Å²) in [5.74, 6) is 0.677. The van der Waals surface area contributed by atoms with Crippen LogP contribution in [0.4, 0.5) is 5.69 Å². The lowest BCUT2D eigenvalue weighted by atomic mass is 9.99. The van der Waals surface area contributed by atoms with E-state index in [-0.39, 0.29) is 0 Å². The van der Waals surface area contributed by atoms with E-state index in [1.807, 2.05) is 7.05 Å². The number of benzene rings is 1. The van der Waals surface area contributed by atoms with Crippen molar-refractivity contribution in [3.63, 3.8) is 0 Å². The summed E-state index contributed by atoms with van der Waals surface area (Å²) in [7, 11) is 1.94. The first kappa shape index (κ1) is 9.11. The van der Waals surface area contributed by atoms with Crippen molar-refractivity contribution in [2.75, 3.05) is 12.4 Å². The lowest BCUT2D eigenvalue weighted by molar-refractivity contribution is 0.734. The molecule has 0 bridgehead atoms. The fourth-order valence-electron chi connectivity index (χ4n) is 1.21. The van der Waals surface area contributed by atoms with Gasteiger partial charge in [-0.05, 0) is 30.0 Å². The minimum atomic E-state index is 0.677. The largest absolute Gasteiger partial charge is 0.388 e. The molecule has 0 fully saturated rings. The van der Waals surface area contributed by atoms with Crippen LogP contribution in [0.15, 0.2) is 24.3 Å². The maximum atomic E-state index is 3.11. The monoisotopic (exact) mass is 163 g/mol. The molecule has 1 aromatic carbocycles. The van der Waals surface area contributed by atoms with Crippen molar-refractivity contribution in [2.45, 2.75) is 26.2 Å². The van der Waals surface area contributed by atoms with Gasteiger partial charge in [-0.25, -0.2) is 0 Å². The molecule has 1 unspecified atom stereocenters. The summed E-state index contributed by atoms with van der Waals surface area (Å²) in [6, 6.07) is 8.64. The maximum absolute atomic E-state index is 3.11. The zero-order chi connectivity index (χ0) is 8.97. The highest BCUT2D eigenvalue weighted by atomic mass is 14.8. The van der Waals surface area contributed by atoms with Gasteiger partial charge < -0.3 is 5.32 Å². The predicted octanol–water partition coefficient (Wildman–Crippen LogP) is 3.24. The van der Waals surface area contributed by atoms with Crippen molar-refractivity contribution in [2.24, 2.45) is 0 Å². The van der Waals surface area contributed by atoms with Crippen LogP contribution < -0.4 is 5.32 Å². The van der Waals surface area contributed by atoms with Crippen molar-refractivity contribution in [1.82, 2.24) is 0 Å². The first-order valence-corrected chi connectivity index (χ1v) is 4.55. The fourth-order valence-corrected chi connectivity index (χ4v) is 1.21. The summed E-state index contributed by atoms with van der Waals surface area (Å²) in [6.07, 6.45) is 1.21. The molecule has 1 rings (SSSR count). The van der Waals surface area contributed by atoms with Gasteiger partial charge in [-0.15, -0.1) is 0 Å². The van der Waals surface area contributed by atoms with E-state index in [9.17, 15) is 0 Å². The number of anilines is 1. The Labute approximate surface area is 74.8 Å². The quantitative estimate of drug-likeness (QED) is 0.721. The topological polar surface area (TPSA) is 12.0 Å². The molecule has 0 aromatic heterocycles. The Kier molecular flexibility index (Phi) is 3.15. The molecule has 0 aliphatic carbocycles. The highest BCUT2D eigenvalue weighted by Gasteiger charge is 2.00. The van der Waals surface area contributed by atoms with E-state index in [0.29, 0.717) is 5.92 Å². The molecule has 1 aromatic rings. The number of hydrogen-bond donors (Lipinski definition) is 1. The van der Waals surface area contributed by atoms with E-state index < -0.39 is 0 Å². The fraction of sp³-hybridized carbons (Fsp3) is 0.455. The van der Waals surface area contributed by atoms with E-state index in [1.165, 1.54) is 17.7 Å². The van der Waals surface area contributed by atoms with E-state index in [4.69, 9.17) is 0 Å². The second-order valence-corrected chi connectivity index (χ2v) is 3.18. The molecule has 1 N–H and O–H groups in total. The summed E-state index contributed by atoms with van der Waals surface area (Å²) in [4.78, 5) is 0. The van der Waals surface area contributed by atoms with Crippen LogP contribution in [-0.2, 0) is 0 Å². The molecule has 0 amide bonds. The van der Waals surface area contributed by atoms with Gasteiger partial charge in [-0.1, -0.05) is 26.0 Å². The van der Waals surface area contributed by atoms with Gasteiger partial charge in [0.05, 0.1) is 0 Å². The lowest BCUT2D eigenvalue weighted by Crippen LogP contribution is -1.92. The van der Waals surface area contributed by atoms with E-state index in [0.717, 1.165) is 0 Å². The smallest absolute Gasteiger partial charge is 0.0337 e. The molecule has 0 heterocycles. The van der Waals surface area contributed by atoms with Crippen LogP contribution in [0.5, 0.6) is 0 Å². The van der Waals surface area contributed by atoms with Gasteiger partial charge in [-0.2, -0.15) is 0 Å². The van der Waals surface area contributed by atoms with Crippen molar-refractivity contribution in [3.05, 3.63) is 29.8 Å². The van der Waals surface area contributed by atoms with Crippen molar-refractivity contribution in [3.8, 4) is 0 Å². The van der Waals surface area contributed by atoms with Crippen LogP contribution in [0.1, 0.15) is 31.7 Å². The van der Waals surface area contributed by atoms with Crippen LogP contribution >= 0.6 is 0 Å². The van der Waals surface area contributed by atoms with Gasteiger partial charge in [0.2, 0.25) is 0 Å². The van der Waals surface area contributed by atoms with Crippen LogP contribution in [0.2, 0.25) is 0 Å². The summed E-state index contributed by atoms with van der Waals surface area (Å²) in [5.41, 5.74) is 2.61. The highest BCUT2D eigenvalue weighted by Crippen LogP contribution is 2.19. The number of nitrogens with one attached hydrogen (secondary N) is 1. The Hall–Kier alpha value is -0.980. The normalized spacial score (nSPS) is 12.6.